The highest BCUT2D eigenvalue weighted by Gasteiger charge is 2.33. The van der Waals surface area contributed by atoms with Crippen LogP contribution in [0.4, 0.5) is 0 Å². The second-order valence-electron chi connectivity index (χ2n) is 5.79. The summed E-state index contributed by atoms with van der Waals surface area (Å²) in [6.07, 6.45) is 1.99. The molecule has 5 nitrogen and oxygen atoms in total. The Balaban J connectivity index is 2.27. The Morgan fingerprint density at radius 2 is 2.10 bits per heavy atom. The fraction of sp³-hybridized carbons (Fsp3) is 0.467. The third-order valence-corrected chi connectivity index (χ3v) is 4.72. The van der Waals surface area contributed by atoms with E-state index in [4.69, 9.17) is 0 Å². The molecule has 0 aliphatic heterocycles. The molecule has 106 valence electrons. The Bertz CT molecular complexity index is 728. The normalized spacial score (nSPS) is 26.2. The standard InChI is InChI=1S/C15H18N2O3/c1-8-6-7-12(9(8)2)17-13-10(14(18)19)4-3-5-11(13)16-15(17)20/h3-5,8-9,12H,6-7H2,1-2H3,(H,16,20)(H,18,19). The summed E-state index contributed by atoms with van der Waals surface area (Å²) in [7, 11) is 0. The molecule has 0 amide bonds. The van der Waals surface area contributed by atoms with Crippen LogP contribution in [0.5, 0.6) is 0 Å². The molecule has 1 aliphatic rings. The van der Waals surface area contributed by atoms with Gasteiger partial charge in [-0.2, -0.15) is 0 Å². The zero-order valence-electron chi connectivity index (χ0n) is 11.6. The van der Waals surface area contributed by atoms with Gasteiger partial charge in [-0.25, -0.2) is 9.59 Å². The van der Waals surface area contributed by atoms with Gasteiger partial charge in [0.1, 0.15) is 0 Å². The molecule has 1 fully saturated rings. The third-order valence-electron chi connectivity index (χ3n) is 4.72. The summed E-state index contributed by atoms with van der Waals surface area (Å²) < 4.78 is 1.66. The number of nitrogens with zero attached hydrogens (tertiary/aromatic N) is 1. The van der Waals surface area contributed by atoms with Crippen LogP contribution in [0.3, 0.4) is 0 Å². The van der Waals surface area contributed by atoms with Gasteiger partial charge in [0.15, 0.2) is 0 Å². The van der Waals surface area contributed by atoms with E-state index in [9.17, 15) is 14.7 Å². The van der Waals surface area contributed by atoms with Gasteiger partial charge in [0.05, 0.1) is 16.6 Å². The van der Waals surface area contributed by atoms with E-state index >= 15 is 0 Å². The lowest BCUT2D eigenvalue weighted by molar-refractivity contribution is 0.0698. The summed E-state index contributed by atoms with van der Waals surface area (Å²) in [5.74, 6) is -0.0792. The average molecular weight is 274 g/mol. The highest BCUT2D eigenvalue weighted by atomic mass is 16.4. The number of imidazole rings is 1. The smallest absolute Gasteiger partial charge is 0.337 e. The van der Waals surface area contributed by atoms with Crippen molar-refractivity contribution in [2.45, 2.75) is 32.7 Å². The maximum Gasteiger partial charge on any atom is 0.337 e. The highest BCUT2D eigenvalue weighted by molar-refractivity contribution is 6.01. The average Bonchev–Trinajstić information content (AvgIpc) is 2.89. The number of carboxylic acid groups (broad SMARTS) is 1. The molecule has 2 aromatic rings. The van der Waals surface area contributed by atoms with Crippen LogP contribution in [-0.2, 0) is 0 Å². The largest absolute Gasteiger partial charge is 0.478 e. The first-order valence-corrected chi connectivity index (χ1v) is 6.97. The van der Waals surface area contributed by atoms with Gasteiger partial charge in [0, 0.05) is 6.04 Å². The number of nitrogens with one attached hydrogen (secondary N) is 1. The molecular formula is C15H18N2O3. The molecule has 0 spiro atoms. The molecule has 3 atom stereocenters. The van der Waals surface area contributed by atoms with E-state index in [0.29, 0.717) is 22.9 Å². The van der Waals surface area contributed by atoms with Gasteiger partial charge in [-0.15, -0.1) is 0 Å². The fourth-order valence-electron chi connectivity index (χ4n) is 3.37. The quantitative estimate of drug-likeness (QED) is 0.884. The maximum atomic E-state index is 12.3. The Kier molecular flexibility index (Phi) is 2.92. The zero-order valence-corrected chi connectivity index (χ0v) is 11.6. The van der Waals surface area contributed by atoms with Crippen molar-refractivity contribution in [3.63, 3.8) is 0 Å². The molecule has 0 bridgehead atoms. The molecule has 2 N–H and O–H groups in total. The van der Waals surface area contributed by atoms with Gasteiger partial charge >= 0.3 is 11.7 Å². The van der Waals surface area contributed by atoms with E-state index in [1.165, 1.54) is 0 Å². The van der Waals surface area contributed by atoms with E-state index in [1.807, 2.05) is 0 Å². The monoisotopic (exact) mass is 274 g/mol. The molecule has 0 saturated heterocycles. The second-order valence-corrected chi connectivity index (χ2v) is 5.79. The van der Waals surface area contributed by atoms with Crippen molar-refractivity contribution in [3.8, 4) is 0 Å². The number of aromatic nitrogens is 2. The van der Waals surface area contributed by atoms with Crippen molar-refractivity contribution >= 4 is 17.0 Å². The van der Waals surface area contributed by atoms with Crippen LogP contribution >= 0.6 is 0 Å². The van der Waals surface area contributed by atoms with Crippen LogP contribution in [-0.4, -0.2) is 20.6 Å². The Labute approximate surface area is 116 Å². The Morgan fingerprint density at radius 1 is 1.35 bits per heavy atom. The molecule has 1 aromatic heterocycles. The molecule has 3 rings (SSSR count). The van der Waals surface area contributed by atoms with Crippen molar-refractivity contribution < 1.29 is 9.90 Å². The van der Waals surface area contributed by atoms with Crippen LogP contribution in [0.1, 0.15) is 43.1 Å². The summed E-state index contributed by atoms with van der Waals surface area (Å²) in [6, 6.07) is 5.04. The van der Waals surface area contributed by atoms with Crippen LogP contribution in [0.2, 0.25) is 0 Å². The summed E-state index contributed by atoms with van der Waals surface area (Å²) in [5.41, 5.74) is 1.10. The number of hydrogen-bond acceptors (Lipinski definition) is 2. The van der Waals surface area contributed by atoms with Gasteiger partial charge in [-0.05, 0) is 36.8 Å². The van der Waals surface area contributed by atoms with Crippen LogP contribution in [0.15, 0.2) is 23.0 Å². The Morgan fingerprint density at radius 3 is 2.70 bits per heavy atom. The minimum absolute atomic E-state index is 0.0757. The van der Waals surface area contributed by atoms with E-state index in [1.54, 1.807) is 22.8 Å². The lowest BCUT2D eigenvalue weighted by atomic mass is 9.97. The minimum atomic E-state index is -0.998. The maximum absolute atomic E-state index is 12.3. The minimum Gasteiger partial charge on any atom is -0.478 e. The van der Waals surface area contributed by atoms with E-state index < -0.39 is 5.97 Å². The van der Waals surface area contributed by atoms with Gasteiger partial charge in [-0.1, -0.05) is 19.9 Å². The highest BCUT2D eigenvalue weighted by Crippen LogP contribution is 2.40. The van der Waals surface area contributed by atoms with Gasteiger partial charge in [0.25, 0.3) is 0 Å². The van der Waals surface area contributed by atoms with Crippen molar-refractivity contribution in [3.05, 3.63) is 34.2 Å². The molecule has 1 aromatic carbocycles. The van der Waals surface area contributed by atoms with Crippen molar-refractivity contribution in [2.75, 3.05) is 0 Å². The number of rotatable bonds is 2. The van der Waals surface area contributed by atoms with Crippen molar-refractivity contribution in [1.29, 1.82) is 0 Å². The molecule has 5 heteroatoms. The van der Waals surface area contributed by atoms with Gasteiger partial charge in [-0.3, -0.25) is 4.57 Å². The number of para-hydroxylation sites is 1. The predicted molar refractivity (Wildman–Crippen MR) is 76.1 cm³/mol. The lowest BCUT2D eigenvalue weighted by Gasteiger charge is -2.20. The van der Waals surface area contributed by atoms with Crippen molar-refractivity contribution in [1.82, 2.24) is 9.55 Å². The second kappa shape index (κ2) is 4.51. The number of carboxylic acids is 1. The summed E-state index contributed by atoms with van der Waals surface area (Å²) >= 11 is 0. The number of carbonyl (C=O) groups is 1. The van der Waals surface area contributed by atoms with Crippen LogP contribution in [0, 0.1) is 11.8 Å². The number of H-pyrrole nitrogens is 1. The van der Waals surface area contributed by atoms with E-state index in [0.717, 1.165) is 12.8 Å². The zero-order chi connectivity index (χ0) is 14.4. The molecule has 0 radical (unpaired) electrons. The number of aromatic amines is 1. The molecular weight excluding hydrogens is 256 g/mol. The molecule has 1 aliphatic carbocycles. The van der Waals surface area contributed by atoms with E-state index in [2.05, 4.69) is 18.8 Å². The lowest BCUT2D eigenvalue weighted by Crippen LogP contribution is -2.25. The number of benzene rings is 1. The third kappa shape index (κ3) is 1.77. The van der Waals surface area contributed by atoms with E-state index in [-0.39, 0.29) is 17.3 Å². The first kappa shape index (κ1) is 13.0. The number of fused-ring (bicyclic) bond motifs is 1. The SMILES string of the molecule is CC1CCC(n2c(=O)[nH]c3cccc(C(=O)O)c32)C1C. The number of hydrogen-bond donors (Lipinski definition) is 2. The fourth-order valence-corrected chi connectivity index (χ4v) is 3.37. The van der Waals surface area contributed by atoms with Crippen LogP contribution < -0.4 is 5.69 Å². The summed E-state index contributed by atoms with van der Waals surface area (Å²) in [6.45, 7) is 4.32. The summed E-state index contributed by atoms with van der Waals surface area (Å²) in [5, 5.41) is 9.35. The van der Waals surface area contributed by atoms with Crippen LogP contribution in [0.25, 0.3) is 11.0 Å². The predicted octanol–water partition coefficient (Wildman–Crippen LogP) is 2.63. The molecule has 3 unspecified atom stereocenters. The van der Waals surface area contributed by atoms with Gasteiger partial charge in [0.2, 0.25) is 0 Å². The first-order valence-electron chi connectivity index (χ1n) is 6.97. The Hall–Kier alpha value is -2.04. The number of aromatic carboxylic acids is 1. The summed E-state index contributed by atoms with van der Waals surface area (Å²) in [4.78, 5) is 26.5. The molecule has 1 saturated carbocycles. The topological polar surface area (TPSA) is 75.1 Å². The van der Waals surface area contributed by atoms with Gasteiger partial charge < -0.3 is 10.1 Å². The van der Waals surface area contributed by atoms with Crippen molar-refractivity contribution in [2.24, 2.45) is 11.8 Å². The molecule has 1 heterocycles. The first-order chi connectivity index (χ1) is 9.50. The molecule has 20 heavy (non-hydrogen) atoms.